The lowest BCUT2D eigenvalue weighted by atomic mass is 9.96. The summed E-state index contributed by atoms with van der Waals surface area (Å²) >= 11 is 0. The van der Waals surface area contributed by atoms with E-state index in [-0.39, 0.29) is 34.5 Å². The number of cyclic esters (lactones) is 1. The number of hydrogen-bond acceptors (Lipinski definition) is 7. The third-order valence-corrected chi connectivity index (χ3v) is 5.92. The van der Waals surface area contributed by atoms with Crippen LogP contribution in [0.4, 0.5) is 0 Å². The van der Waals surface area contributed by atoms with E-state index >= 15 is 0 Å². The van der Waals surface area contributed by atoms with Crippen molar-refractivity contribution >= 4 is 17.6 Å². The Labute approximate surface area is 197 Å². The monoisotopic (exact) mass is 464 g/mol. The third-order valence-electron chi connectivity index (χ3n) is 5.92. The van der Waals surface area contributed by atoms with Crippen LogP contribution >= 0.6 is 0 Å². The minimum Gasteiger partial charge on any atom is -0.508 e. The minimum absolute atomic E-state index is 0.0452. The van der Waals surface area contributed by atoms with Gasteiger partial charge in [0.2, 0.25) is 0 Å². The van der Waals surface area contributed by atoms with Gasteiger partial charge in [-0.15, -0.1) is 0 Å². The molecule has 34 heavy (non-hydrogen) atoms. The lowest BCUT2D eigenvalue weighted by Gasteiger charge is -2.24. The molecule has 2 heterocycles. The van der Waals surface area contributed by atoms with Crippen molar-refractivity contribution in [2.75, 3.05) is 0 Å². The van der Waals surface area contributed by atoms with Crippen LogP contribution in [0.5, 0.6) is 17.2 Å². The Kier molecular flexibility index (Phi) is 5.91. The van der Waals surface area contributed by atoms with Gasteiger partial charge in [-0.2, -0.15) is 0 Å². The van der Waals surface area contributed by atoms with Crippen LogP contribution in [0.15, 0.2) is 53.5 Å². The van der Waals surface area contributed by atoms with Crippen LogP contribution in [-0.2, 0) is 22.4 Å². The smallest absolute Gasteiger partial charge is 0.348 e. The summed E-state index contributed by atoms with van der Waals surface area (Å²) in [7, 11) is 0. The van der Waals surface area contributed by atoms with E-state index in [1.807, 2.05) is 26.0 Å². The van der Waals surface area contributed by atoms with Crippen molar-refractivity contribution in [3.05, 3.63) is 75.8 Å². The molecule has 2 aliphatic rings. The number of fused-ring (bicyclic) bond motifs is 1. The van der Waals surface area contributed by atoms with Crippen LogP contribution in [0.2, 0.25) is 0 Å². The first kappa shape index (κ1) is 23.4. The van der Waals surface area contributed by atoms with Crippen LogP contribution in [0.3, 0.4) is 0 Å². The second-order valence-corrected chi connectivity index (χ2v) is 9.44. The number of benzene rings is 2. The van der Waals surface area contributed by atoms with E-state index in [1.165, 1.54) is 12.1 Å². The molecule has 1 atom stereocenters. The Morgan fingerprint density at radius 3 is 2.53 bits per heavy atom. The normalized spacial score (nSPS) is 18.7. The zero-order valence-corrected chi connectivity index (χ0v) is 19.5. The molecule has 178 valence electrons. The number of phenols is 2. The van der Waals surface area contributed by atoms with E-state index in [0.717, 1.165) is 17.2 Å². The summed E-state index contributed by atoms with van der Waals surface area (Å²) in [5.74, 6) is -1.02. The maximum Gasteiger partial charge on any atom is 0.348 e. The molecule has 4 N–H and O–H groups in total. The Hall–Kier alpha value is -3.71. The summed E-state index contributed by atoms with van der Waals surface area (Å²) in [6.45, 7) is 7.24. The van der Waals surface area contributed by atoms with Gasteiger partial charge < -0.3 is 29.9 Å². The zero-order chi connectivity index (χ0) is 24.8. The quantitative estimate of drug-likeness (QED) is 0.379. The highest BCUT2D eigenvalue weighted by molar-refractivity contribution is 6.21. The fourth-order valence-corrected chi connectivity index (χ4v) is 3.96. The molecule has 0 fully saturated rings. The summed E-state index contributed by atoms with van der Waals surface area (Å²) in [5.41, 5.74) is 2.04. The number of ether oxygens (including phenoxy) is 2. The SMILES string of the molecule is CC(C)=CCc1cc(C2=C(O)/C(=C/c3ccc4c(c3)C[C@H](C(C)(C)O)O4)OC2=O)c(O)cc1O. The second-order valence-electron chi connectivity index (χ2n) is 9.44. The van der Waals surface area contributed by atoms with Gasteiger partial charge in [0, 0.05) is 18.1 Å². The van der Waals surface area contributed by atoms with Gasteiger partial charge in [-0.1, -0.05) is 17.7 Å². The first-order valence-corrected chi connectivity index (χ1v) is 11.0. The summed E-state index contributed by atoms with van der Waals surface area (Å²) < 4.78 is 11.1. The number of rotatable bonds is 5. The van der Waals surface area contributed by atoms with Crippen molar-refractivity contribution in [2.45, 2.75) is 52.2 Å². The van der Waals surface area contributed by atoms with Crippen molar-refractivity contribution in [2.24, 2.45) is 0 Å². The van der Waals surface area contributed by atoms with Crippen LogP contribution in [-0.4, -0.2) is 38.1 Å². The lowest BCUT2D eigenvalue weighted by molar-refractivity contribution is -0.131. The highest BCUT2D eigenvalue weighted by Gasteiger charge is 2.36. The standard InChI is InChI=1S/C27H28O7/c1-14(2)5-7-16-11-18(20(29)13-19(16)28)24-25(30)22(34-26(24)31)10-15-6-8-21-17(9-15)12-23(33-21)27(3,4)32/h5-6,8-11,13,23,28-30,32H,7,12H2,1-4H3/b22-10-/t23-/m1/s1. The second kappa shape index (κ2) is 8.57. The highest BCUT2D eigenvalue weighted by atomic mass is 16.6. The van der Waals surface area contributed by atoms with E-state index in [4.69, 9.17) is 9.47 Å². The van der Waals surface area contributed by atoms with Gasteiger partial charge >= 0.3 is 5.97 Å². The summed E-state index contributed by atoms with van der Waals surface area (Å²) in [5, 5.41) is 41.6. The van der Waals surface area contributed by atoms with Crippen molar-refractivity contribution in [1.29, 1.82) is 0 Å². The number of phenolic OH excluding ortho intramolecular Hbond substituents is 2. The molecule has 0 radical (unpaired) electrons. The van der Waals surface area contributed by atoms with Crippen molar-refractivity contribution in [3.63, 3.8) is 0 Å². The Morgan fingerprint density at radius 2 is 1.85 bits per heavy atom. The van der Waals surface area contributed by atoms with Gasteiger partial charge in [-0.3, -0.25) is 0 Å². The summed E-state index contributed by atoms with van der Waals surface area (Å²) in [6, 6.07) is 8.00. The number of carbonyl (C=O) groups is 1. The molecule has 0 saturated carbocycles. The maximum atomic E-state index is 12.6. The van der Waals surface area contributed by atoms with Gasteiger partial charge in [0.15, 0.2) is 11.5 Å². The van der Waals surface area contributed by atoms with E-state index < -0.39 is 17.3 Å². The Bertz CT molecular complexity index is 1250. The number of aliphatic hydroxyl groups excluding tert-OH is 1. The molecule has 0 saturated heterocycles. The number of hydrogen-bond donors (Lipinski definition) is 4. The van der Waals surface area contributed by atoms with Gasteiger partial charge in [0.1, 0.15) is 28.9 Å². The molecule has 0 aliphatic carbocycles. The molecule has 7 heteroatoms. The van der Waals surface area contributed by atoms with Crippen LogP contribution < -0.4 is 4.74 Å². The molecule has 2 aromatic carbocycles. The van der Waals surface area contributed by atoms with Gasteiger partial charge in [-0.25, -0.2) is 4.79 Å². The Balaban J connectivity index is 1.68. The molecule has 7 nitrogen and oxygen atoms in total. The van der Waals surface area contributed by atoms with Crippen LogP contribution in [0.1, 0.15) is 49.9 Å². The van der Waals surface area contributed by atoms with Crippen LogP contribution in [0, 0.1) is 0 Å². The average molecular weight is 465 g/mol. The Morgan fingerprint density at radius 1 is 1.12 bits per heavy atom. The van der Waals surface area contributed by atoms with Gasteiger partial charge in [0.25, 0.3) is 0 Å². The largest absolute Gasteiger partial charge is 0.508 e. The molecule has 0 spiro atoms. The maximum absolute atomic E-state index is 12.6. The zero-order valence-electron chi connectivity index (χ0n) is 19.5. The predicted octanol–water partition coefficient (Wildman–Crippen LogP) is 4.55. The molecule has 0 amide bonds. The molecule has 4 rings (SSSR count). The van der Waals surface area contributed by atoms with E-state index in [1.54, 1.807) is 26.0 Å². The predicted molar refractivity (Wildman–Crippen MR) is 127 cm³/mol. The van der Waals surface area contributed by atoms with Crippen molar-refractivity contribution < 1.29 is 34.7 Å². The lowest BCUT2D eigenvalue weighted by Crippen LogP contribution is -2.39. The fraction of sp³-hybridized carbons (Fsp3) is 0.296. The molecular weight excluding hydrogens is 436 g/mol. The number of allylic oxidation sites excluding steroid dienone is 2. The number of aliphatic hydroxyl groups is 2. The molecule has 2 aromatic rings. The van der Waals surface area contributed by atoms with E-state index in [2.05, 4.69) is 0 Å². The topological polar surface area (TPSA) is 116 Å². The average Bonchev–Trinajstić information content (AvgIpc) is 3.28. The highest BCUT2D eigenvalue weighted by Crippen LogP contribution is 2.40. The van der Waals surface area contributed by atoms with Crippen LogP contribution in [0.25, 0.3) is 11.6 Å². The first-order valence-electron chi connectivity index (χ1n) is 11.0. The van der Waals surface area contributed by atoms with E-state index in [0.29, 0.717) is 29.7 Å². The fourth-order valence-electron chi connectivity index (χ4n) is 3.96. The number of carbonyl (C=O) groups excluding carboxylic acids is 1. The van der Waals surface area contributed by atoms with Crippen molar-refractivity contribution in [1.82, 2.24) is 0 Å². The molecule has 0 aromatic heterocycles. The molecule has 0 bridgehead atoms. The molecule has 2 aliphatic heterocycles. The van der Waals surface area contributed by atoms with Gasteiger partial charge in [-0.05, 0) is 75.1 Å². The summed E-state index contributed by atoms with van der Waals surface area (Å²) in [6.07, 6.45) is 3.99. The molecule has 0 unspecified atom stereocenters. The minimum atomic E-state index is -0.995. The summed E-state index contributed by atoms with van der Waals surface area (Å²) in [4.78, 5) is 12.6. The third kappa shape index (κ3) is 4.52. The van der Waals surface area contributed by atoms with Gasteiger partial charge in [0.05, 0.1) is 5.60 Å². The van der Waals surface area contributed by atoms with E-state index in [9.17, 15) is 25.2 Å². The molecular formula is C27H28O7. The first-order chi connectivity index (χ1) is 15.9. The number of aromatic hydroxyl groups is 2. The van der Waals surface area contributed by atoms with Crippen molar-refractivity contribution in [3.8, 4) is 17.2 Å². The number of esters is 1.